The Balaban J connectivity index is 2.15. The van der Waals surface area contributed by atoms with Gasteiger partial charge >= 0.3 is 0 Å². The van der Waals surface area contributed by atoms with E-state index in [9.17, 15) is 9.50 Å². The molecule has 1 fully saturated rings. The summed E-state index contributed by atoms with van der Waals surface area (Å²) < 4.78 is 23.1. The zero-order valence-corrected chi connectivity index (χ0v) is 8.12. The molecule has 80 valence electrons. The number of hydrogen-bond donors (Lipinski definition) is 1. The van der Waals surface area contributed by atoms with Gasteiger partial charge in [-0.25, -0.2) is 4.39 Å². The second kappa shape index (κ2) is 2.85. The number of rotatable bonds is 2. The molecule has 4 heteroatoms. The largest absolute Gasteiger partial charge is 0.454 e. The van der Waals surface area contributed by atoms with Crippen molar-refractivity contribution < 1.29 is 19.0 Å². The van der Waals surface area contributed by atoms with E-state index in [1.54, 1.807) is 12.1 Å². The monoisotopic (exact) mass is 210 g/mol. The molecule has 0 radical (unpaired) electrons. The molecule has 0 bridgehead atoms. The molecule has 3 rings (SSSR count). The third-order valence-electron chi connectivity index (χ3n) is 2.91. The highest BCUT2D eigenvalue weighted by Gasteiger charge is 2.46. The molecule has 0 aromatic heterocycles. The van der Waals surface area contributed by atoms with Crippen LogP contribution in [0.4, 0.5) is 4.39 Å². The van der Waals surface area contributed by atoms with Crippen LogP contribution in [0.25, 0.3) is 0 Å². The molecule has 15 heavy (non-hydrogen) atoms. The summed E-state index contributed by atoms with van der Waals surface area (Å²) in [6.45, 7) is -0.409. The van der Waals surface area contributed by atoms with Crippen LogP contribution in [-0.4, -0.2) is 11.9 Å². The Morgan fingerprint density at radius 2 is 2.13 bits per heavy atom. The Morgan fingerprint density at radius 1 is 1.33 bits per heavy atom. The van der Waals surface area contributed by atoms with Crippen molar-refractivity contribution in [3.8, 4) is 11.5 Å². The van der Waals surface area contributed by atoms with Crippen LogP contribution in [0.1, 0.15) is 24.0 Å². The molecule has 0 spiro atoms. The lowest BCUT2D eigenvalue weighted by Gasteiger charge is -2.12. The van der Waals surface area contributed by atoms with Gasteiger partial charge in [0, 0.05) is 5.56 Å². The molecule has 0 atom stereocenters. The second-order valence-corrected chi connectivity index (χ2v) is 4.04. The van der Waals surface area contributed by atoms with Crippen LogP contribution < -0.4 is 9.47 Å². The SMILES string of the molecule is OC1(c2cc(CF)cc3c2OCO3)CC1. The molecule has 1 heterocycles. The first kappa shape index (κ1) is 8.97. The summed E-state index contributed by atoms with van der Waals surface area (Å²) in [5, 5.41) is 10.0. The van der Waals surface area contributed by atoms with E-state index in [1.165, 1.54) is 0 Å². The molecule has 1 saturated carbocycles. The Bertz CT molecular complexity index is 413. The number of benzene rings is 1. The third-order valence-corrected chi connectivity index (χ3v) is 2.91. The smallest absolute Gasteiger partial charge is 0.231 e. The van der Waals surface area contributed by atoms with Crippen molar-refractivity contribution in [3.63, 3.8) is 0 Å². The topological polar surface area (TPSA) is 38.7 Å². The van der Waals surface area contributed by atoms with Crippen LogP contribution in [0.3, 0.4) is 0 Å². The maximum Gasteiger partial charge on any atom is 0.231 e. The standard InChI is InChI=1S/C11H11FO3/c12-5-7-3-8(11(13)1-2-11)10-9(4-7)14-6-15-10/h3-4,13H,1-2,5-6H2. The lowest BCUT2D eigenvalue weighted by atomic mass is 10.0. The molecule has 1 aromatic carbocycles. The minimum Gasteiger partial charge on any atom is -0.454 e. The van der Waals surface area contributed by atoms with Gasteiger partial charge in [0.1, 0.15) is 6.67 Å². The van der Waals surface area contributed by atoms with E-state index in [4.69, 9.17) is 9.47 Å². The molecule has 1 aliphatic heterocycles. The highest BCUT2D eigenvalue weighted by molar-refractivity contribution is 5.54. The molecule has 1 aliphatic carbocycles. The first-order valence-electron chi connectivity index (χ1n) is 4.94. The summed E-state index contributed by atoms with van der Waals surface area (Å²) in [7, 11) is 0. The van der Waals surface area contributed by atoms with Gasteiger partial charge in [-0.05, 0) is 30.5 Å². The van der Waals surface area contributed by atoms with E-state index in [1.807, 2.05) is 0 Å². The van der Waals surface area contributed by atoms with Crippen LogP contribution in [0.2, 0.25) is 0 Å². The molecule has 2 aliphatic rings. The zero-order chi connectivity index (χ0) is 10.5. The van der Waals surface area contributed by atoms with Gasteiger partial charge in [-0.15, -0.1) is 0 Å². The number of alkyl halides is 1. The van der Waals surface area contributed by atoms with Crippen molar-refractivity contribution in [2.24, 2.45) is 0 Å². The van der Waals surface area contributed by atoms with Gasteiger partial charge in [0.2, 0.25) is 6.79 Å². The maximum atomic E-state index is 12.6. The van der Waals surface area contributed by atoms with Crippen LogP contribution in [0.15, 0.2) is 12.1 Å². The molecular formula is C11H11FO3. The van der Waals surface area contributed by atoms with E-state index in [2.05, 4.69) is 0 Å². The third kappa shape index (κ3) is 1.28. The summed E-state index contributed by atoms with van der Waals surface area (Å²) in [5.74, 6) is 1.12. The van der Waals surface area contributed by atoms with Gasteiger partial charge in [0.05, 0.1) is 5.60 Å². The summed E-state index contributed by atoms with van der Waals surface area (Å²) in [6, 6.07) is 3.29. The van der Waals surface area contributed by atoms with Crippen LogP contribution in [-0.2, 0) is 12.3 Å². The predicted octanol–water partition coefficient (Wildman–Crippen LogP) is 1.87. The van der Waals surface area contributed by atoms with Crippen LogP contribution in [0.5, 0.6) is 11.5 Å². The van der Waals surface area contributed by atoms with Gasteiger partial charge in [0.25, 0.3) is 0 Å². The maximum absolute atomic E-state index is 12.6. The average Bonchev–Trinajstić information content (AvgIpc) is 2.82. The van der Waals surface area contributed by atoms with Gasteiger partial charge in [0.15, 0.2) is 11.5 Å². The van der Waals surface area contributed by atoms with E-state index in [0.717, 1.165) is 0 Å². The van der Waals surface area contributed by atoms with Crippen molar-refractivity contribution in [2.75, 3.05) is 6.79 Å². The fraction of sp³-hybridized carbons (Fsp3) is 0.455. The van der Waals surface area contributed by atoms with Gasteiger partial charge in [-0.2, -0.15) is 0 Å². The van der Waals surface area contributed by atoms with Crippen molar-refractivity contribution in [2.45, 2.75) is 25.1 Å². The van der Waals surface area contributed by atoms with E-state index in [0.29, 0.717) is 35.5 Å². The summed E-state index contributed by atoms with van der Waals surface area (Å²) in [5.41, 5.74) is 0.378. The number of ether oxygens (including phenoxy) is 2. The van der Waals surface area contributed by atoms with Crippen molar-refractivity contribution in [1.29, 1.82) is 0 Å². The minimum atomic E-state index is -0.817. The highest BCUT2D eigenvalue weighted by atomic mass is 19.1. The molecule has 1 N–H and O–H groups in total. The molecule has 1 aromatic rings. The number of aliphatic hydroxyl groups is 1. The van der Waals surface area contributed by atoms with Gasteiger partial charge in [-0.3, -0.25) is 0 Å². The summed E-state index contributed by atoms with van der Waals surface area (Å²) in [6.07, 6.45) is 1.41. The number of hydrogen-bond acceptors (Lipinski definition) is 3. The molecule has 0 unspecified atom stereocenters. The predicted molar refractivity (Wildman–Crippen MR) is 50.5 cm³/mol. The van der Waals surface area contributed by atoms with E-state index < -0.39 is 12.3 Å². The average molecular weight is 210 g/mol. The molecule has 0 amide bonds. The van der Waals surface area contributed by atoms with Gasteiger partial charge in [-0.1, -0.05) is 0 Å². The van der Waals surface area contributed by atoms with E-state index >= 15 is 0 Å². The quantitative estimate of drug-likeness (QED) is 0.809. The number of halogens is 1. The molecular weight excluding hydrogens is 199 g/mol. The Kier molecular flexibility index (Phi) is 1.71. The normalized spacial score (nSPS) is 20.4. The van der Waals surface area contributed by atoms with Gasteiger partial charge < -0.3 is 14.6 Å². The zero-order valence-electron chi connectivity index (χ0n) is 8.12. The second-order valence-electron chi connectivity index (χ2n) is 4.04. The molecule has 3 nitrogen and oxygen atoms in total. The Morgan fingerprint density at radius 3 is 2.80 bits per heavy atom. The highest BCUT2D eigenvalue weighted by Crippen LogP contribution is 2.52. The van der Waals surface area contributed by atoms with Crippen molar-refractivity contribution >= 4 is 0 Å². The van der Waals surface area contributed by atoms with Crippen molar-refractivity contribution in [3.05, 3.63) is 23.3 Å². The minimum absolute atomic E-state index is 0.147. The Labute approximate surface area is 86.4 Å². The first-order chi connectivity index (χ1) is 7.23. The molecule has 0 saturated heterocycles. The van der Waals surface area contributed by atoms with Crippen LogP contribution >= 0.6 is 0 Å². The summed E-state index contributed by atoms with van der Waals surface area (Å²) >= 11 is 0. The lowest BCUT2D eigenvalue weighted by molar-refractivity contribution is 0.140. The number of fused-ring (bicyclic) bond motifs is 1. The van der Waals surface area contributed by atoms with Crippen LogP contribution in [0, 0.1) is 0 Å². The summed E-state index contributed by atoms with van der Waals surface area (Å²) in [4.78, 5) is 0. The Hall–Kier alpha value is -1.29. The van der Waals surface area contributed by atoms with E-state index in [-0.39, 0.29) is 6.79 Å². The fourth-order valence-electron chi connectivity index (χ4n) is 1.88. The fourth-order valence-corrected chi connectivity index (χ4v) is 1.88. The first-order valence-corrected chi connectivity index (χ1v) is 4.94. The van der Waals surface area contributed by atoms with Crippen molar-refractivity contribution in [1.82, 2.24) is 0 Å². The lowest BCUT2D eigenvalue weighted by Crippen LogP contribution is -2.06.